The van der Waals surface area contributed by atoms with E-state index >= 15 is 0 Å². The lowest BCUT2D eigenvalue weighted by Crippen LogP contribution is -2.15. The van der Waals surface area contributed by atoms with Crippen LogP contribution in [0.3, 0.4) is 0 Å². The number of alkyl halides is 1. The molecule has 1 rings (SSSR count). The zero-order valence-corrected chi connectivity index (χ0v) is 10.1. The highest BCUT2D eigenvalue weighted by Gasteiger charge is 2.13. The topological polar surface area (TPSA) is 3.24 Å². The molecular weight excluding hydrogens is 194 g/mol. The second kappa shape index (κ2) is 4.22. The predicted molar refractivity (Wildman–Crippen MR) is 64.3 cm³/mol. The molecule has 1 aromatic carbocycles. The third-order valence-corrected chi connectivity index (χ3v) is 2.71. The van der Waals surface area contributed by atoms with Gasteiger partial charge in [0.1, 0.15) is 0 Å². The summed E-state index contributed by atoms with van der Waals surface area (Å²) in [6.45, 7) is 6.65. The van der Waals surface area contributed by atoms with Gasteiger partial charge < -0.3 is 4.90 Å². The van der Waals surface area contributed by atoms with Crippen molar-refractivity contribution in [2.75, 3.05) is 18.0 Å². The van der Waals surface area contributed by atoms with Crippen LogP contribution in [0.15, 0.2) is 24.3 Å². The van der Waals surface area contributed by atoms with Gasteiger partial charge in [0.05, 0.1) is 6.00 Å². The molecule has 78 valence electrons. The van der Waals surface area contributed by atoms with Gasteiger partial charge in [0.15, 0.2) is 0 Å². The van der Waals surface area contributed by atoms with Crippen molar-refractivity contribution in [2.24, 2.45) is 0 Å². The normalized spacial score (nSPS) is 11.5. The minimum absolute atomic E-state index is 0.220. The summed E-state index contributed by atoms with van der Waals surface area (Å²) in [4.78, 5) is 2.01. The highest BCUT2D eigenvalue weighted by molar-refractivity contribution is 6.18. The van der Waals surface area contributed by atoms with Crippen LogP contribution in [0, 0.1) is 0 Å². The fraction of sp³-hybridized carbons (Fsp3) is 0.500. The highest BCUT2D eigenvalue weighted by atomic mass is 35.5. The number of nitrogens with zero attached hydrogens (tertiary/aromatic N) is 1. The maximum atomic E-state index is 5.74. The van der Waals surface area contributed by atoms with E-state index < -0.39 is 0 Å². The Bertz CT molecular complexity index is 284. The molecule has 0 bridgehead atoms. The summed E-state index contributed by atoms with van der Waals surface area (Å²) < 4.78 is 0. The zero-order valence-electron chi connectivity index (χ0n) is 9.34. The van der Waals surface area contributed by atoms with Crippen molar-refractivity contribution in [3.63, 3.8) is 0 Å². The van der Waals surface area contributed by atoms with Crippen LogP contribution in [0.1, 0.15) is 26.3 Å². The summed E-state index contributed by atoms with van der Waals surface area (Å²) in [5.41, 5.74) is 2.73. The van der Waals surface area contributed by atoms with Crippen molar-refractivity contribution in [3.05, 3.63) is 29.8 Å². The van der Waals surface area contributed by atoms with Gasteiger partial charge in [-0.1, -0.05) is 32.9 Å². The monoisotopic (exact) mass is 211 g/mol. The summed E-state index contributed by atoms with van der Waals surface area (Å²) in [5, 5.41) is 0. The molecule has 0 unspecified atom stereocenters. The van der Waals surface area contributed by atoms with Gasteiger partial charge in [-0.2, -0.15) is 0 Å². The molecule has 0 saturated carbocycles. The molecule has 0 N–H and O–H groups in total. The van der Waals surface area contributed by atoms with Crippen LogP contribution >= 0.6 is 11.6 Å². The van der Waals surface area contributed by atoms with Gasteiger partial charge in [-0.05, 0) is 23.1 Å². The number of benzene rings is 1. The second-order valence-corrected chi connectivity index (χ2v) is 4.85. The van der Waals surface area contributed by atoms with Crippen LogP contribution < -0.4 is 4.90 Å². The molecule has 0 atom stereocenters. The molecule has 0 aliphatic heterocycles. The standard InChI is InChI=1S/C12H18ClN/c1-12(2,3)10-5-7-11(8-6-10)14(4)9-13/h5-8H,9H2,1-4H3. The Balaban J connectivity index is 2.89. The Labute approximate surface area is 91.7 Å². The Morgan fingerprint density at radius 1 is 1.14 bits per heavy atom. The third kappa shape index (κ3) is 2.65. The van der Waals surface area contributed by atoms with Crippen molar-refractivity contribution in [2.45, 2.75) is 26.2 Å². The first-order valence-corrected chi connectivity index (χ1v) is 5.36. The van der Waals surface area contributed by atoms with E-state index in [1.54, 1.807) is 0 Å². The van der Waals surface area contributed by atoms with Crippen molar-refractivity contribution in [1.82, 2.24) is 0 Å². The lowest BCUT2D eigenvalue weighted by Gasteiger charge is -2.21. The zero-order chi connectivity index (χ0) is 10.8. The van der Waals surface area contributed by atoms with Crippen LogP contribution in [-0.4, -0.2) is 13.1 Å². The molecule has 1 nitrogen and oxygen atoms in total. The molecule has 0 saturated heterocycles. The Kier molecular flexibility index (Phi) is 3.43. The number of rotatable bonds is 2. The van der Waals surface area contributed by atoms with Gasteiger partial charge in [-0.3, -0.25) is 0 Å². The van der Waals surface area contributed by atoms with Crippen LogP contribution in [0.2, 0.25) is 0 Å². The van der Waals surface area contributed by atoms with Gasteiger partial charge >= 0.3 is 0 Å². The van der Waals surface area contributed by atoms with Gasteiger partial charge in [-0.15, -0.1) is 11.6 Å². The van der Waals surface area contributed by atoms with Crippen LogP contribution in [0.4, 0.5) is 5.69 Å². The van der Waals surface area contributed by atoms with Gasteiger partial charge in [-0.25, -0.2) is 0 Å². The lowest BCUT2D eigenvalue weighted by molar-refractivity contribution is 0.590. The molecular formula is C12H18ClN. The summed E-state index contributed by atoms with van der Waals surface area (Å²) in [5.74, 6) is 0. The van der Waals surface area contributed by atoms with E-state index in [0.29, 0.717) is 6.00 Å². The summed E-state index contributed by atoms with van der Waals surface area (Å²) in [7, 11) is 1.99. The van der Waals surface area contributed by atoms with E-state index in [0.717, 1.165) is 5.69 Å². The SMILES string of the molecule is CN(CCl)c1ccc(C(C)(C)C)cc1. The van der Waals surface area contributed by atoms with E-state index in [-0.39, 0.29) is 5.41 Å². The van der Waals surface area contributed by atoms with Crippen molar-refractivity contribution >= 4 is 17.3 Å². The number of anilines is 1. The quantitative estimate of drug-likeness (QED) is 0.534. The highest BCUT2D eigenvalue weighted by Crippen LogP contribution is 2.24. The first kappa shape index (κ1) is 11.4. The van der Waals surface area contributed by atoms with E-state index in [2.05, 4.69) is 45.0 Å². The second-order valence-electron chi connectivity index (χ2n) is 4.61. The average molecular weight is 212 g/mol. The molecule has 0 radical (unpaired) electrons. The Morgan fingerprint density at radius 3 is 2.00 bits per heavy atom. The van der Waals surface area contributed by atoms with Gasteiger partial charge in [0, 0.05) is 12.7 Å². The first-order chi connectivity index (χ1) is 6.45. The lowest BCUT2D eigenvalue weighted by atomic mass is 9.87. The van der Waals surface area contributed by atoms with Crippen molar-refractivity contribution in [1.29, 1.82) is 0 Å². The number of hydrogen-bond acceptors (Lipinski definition) is 1. The predicted octanol–water partition coefficient (Wildman–Crippen LogP) is 3.62. The molecule has 0 fully saturated rings. The average Bonchev–Trinajstić information content (AvgIpc) is 2.15. The van der Waals surface area contributed by atoms with Crippen LogP contribution in [-0.2, 0) is 5.41 Å². The molecule has 0 aromatic heterocycles. The maximum absolute atomic E-state index is 5.74. The molecule has 0 aliphatic carbocycles. The number of hydrogen-bond donors (Lipinski definition) is 0. The van der Waals surface area contributed by atoms with E-state index in [1.807, 2.05) is 11.9 Å². The summed E-state index contributed by atoms with van der Waals surface area (Å²) >= 11 is 5.74. The van der Waals surface area contributed by atoms with E-state index in [1.165, 1.54) is 5.56 Å². The minimum Gasteiger partial charge on any atom is -0.361 e. The molecule has 0 amide bonds. The molecule has 0 heterocycles. The molecule has 2 heteroatoms. The van der Waals surface area contributed by atoms with E-state index in [9.17, 15) is 0 Å². The Morgan fingerprint density at radius 2 is 1.64 bits per heavy atom. The molecule has 0 spiro atoms. The molecule has 0 aliphatic rings. The maximum Gasteiger partial charge on any atom is 0.0925 e. The minimum atomic E-state index is 0.220. The van der Waals surface area contributed by atoms with Crippen molar-refractivity contribution < 1.29 is 0 Å². The van der Waals surface area contributed by atoms with E-state index in [4.69, 9.17) is 11.6 Å². The molecule has 14 heavy (non-hydrogen) atoms. The fourth-order valence-corrected chi connectivity index (χ4v) is 1.42. The van der Waals surface area contributed by atoms with Crippen LogP contribution in [0.5, 0.6) is 0 Å². The fourth-order valence-electron chi connectivity index (χ4n) is 1.28. The first-order valence-electron chi connectivity index (χ1n) is 4.83. The smallest absolute Gasteiger partial charge is 0.0925 e. The summed E-state index contributed by atoms with van der Waals surface area (Å²) in [6.07, 6.45) is 0. The Hall–Kier alpha value is -0.690. The summed E-state index contributed by atoms with van der Waals surface area (Å²) in [6, 6.07) is 9.08. The van der Waals surface area contributed by atoms with Crippen molar-refractivity contribution in [3.8, 4) is 0 Å². The van der Waals surface area contributed by atoms with Crippen LogP contribution in [0.25, 0.3) is 0 Å². The third-order valence-electron chi connectivity index (χ3n) is 2.35. The molecule has 1 aromatic rings. The largest absolute Gasteiger partial charge is 0.361 e. The van der Waals surface area contributed by atoms with Gasteiger partial charge in [0.2, 0.25) is 0 Å². The number of halogens is 1. The van der Waals surface area contributed by atoms with Gasteiger partial charge in [0.25, 0.3) is 0 Å².